The molecule has 0 aliphatic carbocycles. The molecule has 16 heteroatoms. The Labute approximate surface area is 278 Å². The van der Waals surface area contributed by atoms with Crippen LogP contribution >= 0.6 is 0 Å². The van der Waals surface area contributed by atoms with E-state index in [0.29, 0.717) is 42.2 Å². The van der Waals surface area contributed by atoms with Crippen LogP contribution in [0.15, 0.2) is 49.1 Å². The molecule has 46 heavy (non-hydrogen) atoms. The summed E-state index contributed by atoms with van der Waals surface area (Å²) in [5, 5.41) is 17.2. The largest absolute Gasteiger partial charge is 1.00 e. The van der Waals surface area contributed by atoms with Crippen LogP contribution in [-0.4, -0.2) is 137 Å². The molecule has 2 aliphatic heterocycles. The van der Waals surface area contributed by atoms with Gasteiger partial charge in [-0.3, -0.25) is 9.80 Å². The summed E-state index contributed by atoms with van der Waals surface area (Å²) in [6.45, 7) is 11.9. The average Bonchev–Trinajstić information content (AvgIpc) is 3.67. The van der Waals surface area contributed by atoms with Crippen LogP contribution in [0, 0.1) is 0 Å². The molecule has 0 bridgehead atoms. The standard InChI is InChI=1S/C16H21N3O4.C14H17N3O4.Li.H2O/c1-2-22-16(20)14-11-17-19-12-13(3-4-15(14)19)23-10-7-18-5-8-21-9-6-18;18-14(19)12-9-15-17-10-11(1-2-13(12)17)21-8-5-16-3-6-20-7-4-16;;/h3-4,11-12H,2,5-10H2,1H3;1-2,9-10H,3-8H2,(H,18,19);;1H2/q;;+1;/p-1. The van der Waals surface area contributed by atoms with Gasteiger partial charge in [-0.05, 0) is 31.2 Å². The van der Waals surface area contributed by atoms with E-state index in [1.54, 1.807) is 36.0 Å². The normalized spacial score (nSPS) is 15.2. The minimum atomic E-state index is -0.981. The molecule has 0 saturated carbocycles. The predicted octanol–water partition coefficient (Wildman–Crippen LogP) is -1.21. The Balaban J connectivity index is 0.000000241. The Morgan fingerprint density at radius 1 is 0.783 bits per heavy atom. The topological polar surface area (TPSA) is 172 Å². The van der Waals surface area contributed by atoms with Crippen molar-refractivity contribution >= 4 is 23.0 Å². The number of carboxylic acid groups (broad SMARTS) is 1. The number of hydrogen-bond acceptors (Lipinski definition) is 12. The van der Waals surface area contributed by atoms with E-state index < -0.39 is 5.97 Å². The molecule has 244 valence electrons. The summed E-state index contributed by atoms with van der Waals surface area (Å²) in [7, 11) is 0. The summed E-state index contributed by atoms with van der Waals surface area (Å²) in [5.41, 5.74) is 1.92. The minimum absolute atomic E-state index is 0. The molecule has 0 unspecified atom stereocenters. The smallest absolute Gasteiger partial charge is 0.870 e. The van der Waals surface area contributed by atoms with Gasteiger partial charge in [0.25, 0.3) is 0 Å². The fraction of sp³-hybridized carbons (Fsp3) is 0.467. The minimum Gasteiger partial charge on any atom is -0.870 e. The van der Waals surface area contributed by atoms with Crippen LogP contribution in [0.4, 0.5) is 0 Å². The van der Waals surface area contributed by atoms with Gasteiger partial charge in [0, 0.05) is 39.3 Å². The molecule has 0 aromatic carbocycles. The van der Waals surface area contributed by atoms with E-state index in [1.807, 2.05) is 12.1 Å². The number of carbonyl (C=O) groups is 2. The van der Waals surface area contributed by atoms with Crippen LogP contribution in [0.2, 0.25) is 0 Å². The van der Waals surface area contributed by atoms with Gasteiger partial charge in [0.15, 0.2) is 0 Å². The van der Waals surface area contributed by atoms with Crippen molar-refractivity contribution in [3.63, 3.8) is 0 Å². The second kappa shape index (κ2) is 18.5. The number of nitrogens with zero attached hydrogens (tertiary/aromatic N) is 6. The molecule has 2 aliphatic rings. The molecule has 2 fully saturated rings. The number of pyridine rings is 2. The molecule has 0 amide bonds. The summed E-state index contributed by atoms with van der Waals surface area (Å²) >= 11 is 0. The number of fused-ring (bicyclic) bond motifs is 2. The molecule has 0 atom stereocenters. The van der Waals surface area contributed by atoms with E-state index in [0.717, 1.165) is 71.4 Å². The number of aromatic carboxylic acids is 1. The van der Waals surface area contributed by atoms with Gasteiger partial charge in [0.2, 0.25) is 0 Å². The molecule has 6 heterocycles. The van der Waals surface area contributed by atoms with Crippen molar-refractivity contribution in [1.29, 1.82) is 0 Å². The summed E-state index contributed by atoms with van der Waals surface area (Å²) in [4.78, 5) is 27.4. The summed E-state index contributed by atoms with van der Waals surface area (Å²) in [6.07, 6.45) is 6.33. The second-order valence-electron chi connectivity index (χ2n) is 10.1. The van der Waals surface area contributed by atoms with Crippen molar-refractivity contribution in [2.75, 3.05) is 85.5 Å². The molecular formula is C30H39LiN6O9. The van der Waals surface area contributed by atoms with Crippen LogP contribution in [0.1, 0.15) is 27.6 Å². The Bertz CT molecular complexity index is 1540. The van der Waals surface area contributed by atoms with E-state index in [1.165, 1.54) is 16.9 Å². The van der Waals surface area contributed by atoms with Crippen LogP contribution in [0.3, 0.4) is 0 Å². The second-order valence-corrected chi connectivity index (χ2v) is 10.1. The Morgan fingerprint density at radius 3 is 1.70 bits per heavy atom. The van der Waals surface area contributed by atoms with Crippen molar-refractivity contribution < 1.29 is 62.7 Å². The summed E-state index contributed by atoms with van der Waals surface area (Å²) in [6, 6.07) is 7.14. The van der Waals surface area contributed by atoms with E-state index in [2.05, 4.69) is 20.0 Å². The molecule has 6 rings (SSSR count). The number of rotatable bonds is 11. The van der Waals surface area contributed by atoms with E-state index in [-0.39, 0.29) is 35.9 Å². The maximum Gasteiger partial charge on any atom is 1.00 e. The van der Waals surface area contributed by atoms with E-state index in [9.17, 15) is 9.59 Å². The molecule has 4 aromatic heterocycles. The fourth-order valence-corrected chi connectivity index (χ4v) is 4.87. The first-order chi connectivity index (χ1) is 21.5. The van der Waals surface area contributed by atoms with Crippen LogP contribution < -0.4 is 28.3 Å². The number of morpholine rings is 2. The zero-order chi connectivity index (χ0) is 30.7. The molecule has 2 N–H and O–H groups in total. The van der Waals surface area contributed by atoms with Crippen molar-refractivity contribution in [3.8, 4) is 11.5 Å². The Kier molecular flexibility index (Phi) is 14.8. The summed E-state index contributed by atoms with van der Waals surface area (Å²) < 4.78 is 30.3. The molecular weight excluding hydrogens is 595 g/mol. The number of hydrogen-bond donors (Lipinski definition) is 1. The first-order valence-electron chi connectivity index (χ1n) is 14.7. The first kappa shape index (κ1) is 36.8. The maximum absolute atomic E-state index is 11.8. The van der Waals surface area contributed by atoms with Crippen LogP contribution in [-0.2, 0) is 14.2 Å². The first-order valence-corrected chi connectivity index (χ1v) is 14.7. The summed E-state index contributed by atoms with van der Waals surface area (Å²) in [5.74, 6) is 0.0644. The van der Waals surface area contributed by atoms with E-state index in [4.69, 9.17) is 28.8 Å². The Morgan fingerprint density at radius 2 is 1.24 bits per heavy atom. The zero-order valence-corrected chi connectivity index (χ0v) is 26.2. The average molecular weight is 635 g/mol. The van der Waals surface area contributed by atoms with Gasteiger partial charge in [-0.2, -0.15) is 10.2 Å². The van der Waals surface area contributed by atoms with Gasteiger partial charge in [-0.25, -0.2) is 18.6 Å². The number of carboxylic acids is 1. The molecule has 15 nitrogen and oxygen atoms in total. The maximum atomic E-state index is 11.8. The van der Waals surface area contributed by atoms with Crippen LogP contribution in [0.25, 0.3) is 11.0 Å². The molecule has 0 spiro atoms. The third kappa shape index (κ3) is 9.91. The quantitative estimate of drug-likeness (QED) is 0.154. The third-order valence-corrected chi connectivity index (χ3v) is 7.26. The SMILES string of the molecule is CCOC(=O)c1cnn2cc(OCCN3CCOCC3)ccc12.O=C(O)c1cnn2cc(OCCN3CCOCC3)ccc12.[Li+].[OH-]. The number of aromatic nitrogens is 4. The van der Waals surface area contributed by atoms with Crippen molar-refractivity contribution in [1.82, 2.24) is 29.0 Å². The fourth-order valence-electron chi connectivity index (χ4n) is 4.87. The van der Waals surface area contributed by atoms with Gasteiger partial charge in [-0.15, -0.1) is 0 Å². The number of ether oxygens (including phenoxy) is 5. The Hall–Kier alpha value is -3.68. The van der Waals surface area contributed by atoms with Crippen molar-refractivity contribution in [3.05, 3.63) is 60.2 Å². The predicted molar refractivity (Wildman–Crippen MR) is 161 cm³/mol. The van der Waals surface area contributed by atoms with Gasteiger partial charge >= 0.3 is 30.8 Å². The van der Waals surface area contributed by atoms with Gasteiger partial charge in [0.1, 0.15) is 35.8 Å². The van der Waals surface area contributed by atoms with Crippen LogP contribution in [0.5, 0.6) is 11.5 Å². The van der Waals surface area contributed by atoms with Crippen molar-refractivity contribution in [2.24, 2.45) is 0 Å². The number of esters is 1. The zero-order valence-electron chi connectivity index (χ0n) is 26.2. The van der Waals surface area contributed by atoms with E-state index >= 15 is 0 Å². The monoisotopic (exact) mass is 634 g/mol. The number of carbonyl (C=O) groups excluding carboxylic acids is 1. The van der Waals surface area contributed by atoms with Crippen molar-refractivity contribution in [2.45, 2.75) is 6.92 Å². The van der Waals surface area contributed by atoms with Gasteiger partial charge in [-0.1, -0.05) is 0 Å². The molecule has 4 aromatic rings. The molecule has 2 saturated heterocycles. The molecule has 0 radical (unpaired) electrons. The van der Waals surface area contributed by atoms with Gasteiger partial charge in [0.05, 0.1) is 68.9 Å². The van der Waals surface area contributed by atoms with Gasteiger partial charge < -0.3 is 34.3 Å². The third-order valence-electron chi connectivity index (χ3n) is 7.26.